The van der Waals surface area contributed by atoms with Gasteiger partial charge in [-0.3, -0.25) is 0 Å². The van der Waals surface area contributed by atoms with Crippen molar-refractivity contribution in [2.24, 2.45) is 0 Å². The number of hydrogen-bond acceptors (Lipinski definition) is 2. The van der Waals surface area contributed by atoms with Crippen molar-refractivity contribution in [3.63, 3.8) is 0 Å². The van der Waals surface area contributed by atoms with E-state index < -0.39 is 12.8 Å². The van der Waals surface area contributed by atoms with E-state index in [1.54, 1.807) is 13.1 Å². The molecular formula is C9H9ClF3NO. The van der Waals surface area contributed by atoms with E-state index >= 15 is 0 Å². The normalized spacial score (nSPS) is 11.3. The Bertz CT molecular complexity index is 341. The summed E-state index contributed by atoms with van der Waals surface area (Å²) in [5.41, 5.74) is 0.708. The van der Waals surface area contributed by atoms with Crippen LogP contribution in [0.3, 0.4) is 0 Å². The molecule has 0 unspecified atom stereocenters. The van der Waals surface area contributed by atoms with Crippen molar-refractivity contribution in [2.75, 3.05) is 19.0 Å². The second-order valence-corrected chi connectivity index (χ2v) is 3.21. The molecule has 0 bridgehead atoms. The highest BCUT2D eigenvalue weighted by Gasteiger charge is 2.28. The topological polar surface area (TPSA) is 21.3 Å². The Morgan fingerprint density at radius 2 is 2.07 bits per heavy atom. The molecule has 0 amide bonds. The molecule has 0 radical (unpaired) electrons. The predicted molar refractivity (Wildman–Crippen MR) is 52.5 cm³/mol. The van der Waals surface area contributed by atoms with Crippen LogP contribution in [0, 0.1) is 0 Å². The monoisotopic (exact) mass is 239 g/mol. The fraction of sp³-hybridized carbons (Fsp3) is 0.333. The number of halogens is 4. The van der Waals surface area contributed by atoms with E-state index in [-0.39, 0.29) is 10.8 Å². The maximum Gasteiger partial charge on any atom is 0.422 e. The highest BCUT2D eigenvalue weighted by molar-refractivity contribution is 6.32. The lowest BCUT2D eigenvalue weighted by molar-refractivity contribution is -0.153. The van der Waals surface area contributed by atoms with Gasteiger partial charge in [-0.25, -0.2) is 0 Å². The Labute approximate surface area is 90.0 Å². The number of nitrogens with one attached hydrogen (secondary N) is 1. The Kier molecular flexibility index (Phi) is 3.68. The van der Waals surface area contributed by atoms with Crippen LogP contribution in [0.15, 0.2) is 18.2 Å². The molecule has 1 aromatic rings. The zero-order valence-electron chi connectivity index (χ0n) is 7.86. The summed E-state index contributed by atoms with van der Waals surface area (Å²) in [6, 6.07) is 4.46. The van der Waals surface area contributed by atoms with E-state index in [0.717, 1.165) is 0 Å². The van der Waals surface area contributed by atoms with Crippen LogP contribution in [-0.4, -0.2) is 19.8 Å². The molecule has 0 atom stereocenters. The van der Waals surface area contributed by atoms with Crippen LogP contribution in [0.1, 0.15) is 0 Å². The van der Waals surface area contributed by atoms with Crippen molar-refractivity contribution in [1.29, 1.82) is 0 Å². The number of alkyl halides is 3. The van der Waals surface area contributed by atoms with Gasteiger partial charge in [0.25, 0.3) is 0 Å². The van der Waals surface area contributed by atoms with Gasteiger partial charge in [0.2, 0.25) is 0 Å². The third-order valence-corrected chi connectivity index (χ3v) is 1.91. The van der Waals surface area contributed by atoms with Crippen LogP contribution < -0.4 is 10.1 Å². The molecule has 0 saturated heterocycles. The predicted octanol–water partition coefficient (Wildman–Crippen LogP) is 3.32. The molecule has 0 aliphatic heterocycles. The van der Waals surface area contributed by atoms with E-state index in [0.29, 0.717) is 5.69 Å². The van der Waals surface area contributed by atoms with Crippen LogP contribution in [0.5, 0.6) is 5.75 Å². The van der Waals surface area contributed by atoms with Crippen molar-refractivity contribution in [3.8, 4) is 5.75 Å². The maximum absolute atomic E-state index is 11.8. The standard InChI is InChI=1S/C9H9ClF3NO/c1-14-6-2-3-8(7(10)4-6)15-5-9(11,12)13/h2-4,14H,5H2,1H3. The second-order valence-electron chi connectivity index (χ2n) is 2.80. The van der Waals surface area contributed by atoms with Crippen LogP contribution in [-0.2, 0) is 0 Å². The largest absolute Gasteiger partial charge is 0.483 e. The molecule has 0 aliphatic carbocycles. The number of benzene rings is 1. The van der Waals surface area contributed by atoms with Gasteiger partial charge in [-0.05, 0) is 18.2 Å². The fourth-order valence-corrected chi connectivity index (χ4v) is 1.17. The summed E-state index contributed by atoms with van der Waals surface area (Å²) in [4.78, 5) is 0. The maximum atomic E-state index is 11.8. The van der Waals surface area contributed by atoms with Crippen molar-refractivity contribution in [2.45, 2.75) is 6.18 Å². The molecule has 84 valence electrons. The highest BCUT2D eigenvalue weighted by Crippen LogP contribution is 2.28. The van der Waals surface area contributed by atoms with Crippen molar-refractivity contribution >= 4 is 17.3 Å². The summed E-state index contributed by atoms with van der Waals surface area (Å²) < 4.78 is 40.0. The van der Waals surface area contributed by atoms with Crippen LogP contribution in [0.4, 0.5) is 18.9 Å². The minimum absolute atomic E-state index is 0.0213. The van der Waals surface area contributed by atoms with Crippen LogP contribution in [0.25, 0.3) is 0 Å². The van der Waals surface area contributed by atoms with Crippen molar-refractivity contribution in [3.05, 3.63) is 23.2 Å². The lowest BCUT2D eigenvalue weighted by Gasteiger charge is -2.11. The number of anilines is 1. The first-order valence-corrected chi connectivity index (χ1v) is 4.47. The van der Waals surface area contributed by atoms with Gasteiger partial charge in [0, 0.05) is 12.7 Å². The van der Waals surface area contributed by atoms with Crippen molar-refractivity contribution in [1.82, 2.24) is 0 Å². The number of ether oxygens (including phenoxy) is 1. The van der Waals surface area contributed by atoms with Gasteiger partial charge in [-0.2, -0.15) is 13.2 Å². The van der Waals surface area contributed by atoms with Gasteiger partial charge in [-0.15, -0.1) is 0 Å². The molecule has 0 heterocycles. The molecule has 1 N–H and O–H groups in total. The first kappa shape index (κ1) is 12.0. The molecule has 6 heteroatoms. The first-order chi connectivity index (χ1) is 6.92. The Hall–Kier alpha value is -1.10. The first-order valence-electron chi connectivity index (χ1n) is 4.09. The van der Waals surface area contributed by atoms with Gasteiger partial charge >= 0.3 is 6.18 Å². The smallest absolute Gasteiger partial charge is 0.422 e. The third kappa shape index (κ3) is 3.87. The Balaban J connectivity index is 2.70. The lowest BCUT2D eigenvalue weighted by atomic mass is 10.3. The molecule has 1 aromatic carbocycles. The zero-order valence-corrected chi connectivity index (χ0v) is 8.62. The average molecular weight is 240 g/mol. The summed E-state index contributed by atoms with van der Waals surface area (Å²) in [5, 5.41) is 2.95. The van der Waals surface area contributed by atoms with Gasteiger partial charge in [0.05, 0.1) is 5.02 Å². The van der Waals surface area contributed by atoms with Gasteiger partial charge in [0.1, 0.15) is 5.75 Å². The zero-order chi connectivity index (χ0) is 11.5. The van der Waals surface area contributed by atoms with Gasteiger partial charge in [-0.1, -0.05) is 11.6 Å². The second kappa shape index (κ2) is 4.61. The van der Waals surface area contributed by atoms with E-state index in [1.807, 2.05) is 0 Å². The Morgan fingerprint density at radius 3 is 2.53 bits per heavy atom. The number of rotatable bonds is 3. The molecule has 0 aromatic heterocycles. The number of hydrogen-bond donors (Lipinski definition) is 1. The molecule has 0 aliphatic rings. The van der Waals surface area contributed by atoms with Gasteiger partial charge < -0.3 is 10.1 Å². The van der Waals surface area contributed by atoms with E-state index in [9.17, 15) is 13.2 Å². The van der Waals surface area contributed by atoms with Gasteiger partial charge in [0.15, 0.2) is 6.61 Å². The van der Waals surface area contributed by atoms with E-state index in [1.165, 1.54) is 12.1 Å². The summed E-state index contributed by atoms with van der Waals surface area (Å²) in [5.74, 6) is 0.0213. The van der Waals surface area contributed by atoms with E-state index in [4.69, 9.17) is 11.6 Å². The molecule has 0 fully saturated rings. The summed E-state index contributed by atoms with van der Waals surface area (Å²) in [6.45, 7) is -1.34. The third-order valence-electron chi connectivity index (χ3n) is 1.61. The summed E-state index contributed by atoms with van der Waals surface area (Å²) >= 11 is 5.70. The molecule has 15 heavy (non-hydrogen) atoms. The quantitative estimate of drug-likeness (QED) is 0.874. The molecule has 0 spiro atoms. The van der Waals surface area contributed by atoms with Crippen LogP contribution >= 0.6 is 11.6 Å². The molecule has 2 nitrogen and oxygen atoms in total. The summed E-state index contributed by atoms with van der Waals surface area (Å²) in [6.07, 6.45) is -4.36. The lowest BCUT2D eigenvalue weighted by Crippen LogP contribution is -2.19. The minimum Gasteiger partial charge on any atom is -0.483 e. The average Bonchev–Trinajstić information content (AvgIpc) is 2.14. The Morgan fingerprint density at radius 1 is 1.40 bits per heavy atom. The molecular weight excluding hydrogens is 231 g/mol. The fourth-order valence-electron chi connectivity index (χ4n) is 0.933. The van der Waals surface area contributed by atoms with Crippen molar-refractivity contribution < 1.29 is 17.9 Å². The molecule has 1 rings (SSSR count). The minimum atomic E-state index is -4.36. The SMILES string of the molecule is CNc1ccc(OCC(F)(F)F)c(Cl)c1. The highest BCUT2D eigenvalue weighted by atomic mass is 35.5. The van der Waals surface area contributed by atoms with Crippen LogP contribution in [0.2, 0.25) is 5.02 Å². The summed E-state index contributed by atoms with van der Waals surface area (Å²) in [7, 11) is 1.68. The molecule has 0 saturated carbocycles. The van der Waals surface area contributed by atoms with E-state index in [2.05, 4.69) is 10.1 Å².